The lowest BCUT2D eigenvalue weighted by Crippen LogP contribution is -2.37. The highest BCUT2D eigenvalue weighted by Crippen LogP contribution is 2.15. The van der Waals surface area contributed by atoms with Gasteiger partial charge < -0.3 is 5.32 Å². The lowest BCUT2D eigenvalue weighted by molar-refractivity contribution is 0.552. The van der Waals surface area contributed by atoms with Gasteiger partial charge in [-0.2, -0.15) is 0 Å². The Kier molecular flexibility index (Phi) is 4.04. The van der Waals surface area contributed by atoms with Crippen molar-refractivity contribution in [3.63, 3.8) is 0 Å². The predicted octanol–water partition coefficient (Wildman–Crippen LogP) is 1.37. The van der Waals surface area contributed by atoms with E-state index in [1.807, 2.05) is 0 Å². The van der Waals surface area contributed by atoms with Crippen molar-refractivity contribution in [2.75, 3.05) is 13.1 Å². The van der Waals surface area contributed by atoms with E-state index in [-0.39, 0.29) is 10.9 Å². The van der Waals surface area contributed by atoms with E-state index in [4.69, 9.17) is 11.6 Å². The van der Waals surface area contributed by atoms with Gasteiger partial charge in [0.1, 0.15) is 0 Å². The molecular formula is C11H15ClN2O2S. The van der Waals surface area contributed by atoms with Crippen LogP contribution in [0.25, 0.3) is 0 Å². The number of hydrogen-bond donors (Lipinski definition) is 2. The van der Waals surface area contributed by atoms with E-state index in [0.717, 1.165) is 19.4 Å². The van der Waals surface area contributed by atoms with Crippen LogP contribution in [0.2, 0.25) is 5.02 Å². The molecule has 0 amide bonds. The molecule has 1 aliphatic heterocycles. The Morgan fingerprint density at radius 1 is 1.47 bits per heavy atom. The normalized spacial score (nSPS) is 20.6. The van der Waals surface area contributed by atoms with Gasteiger partial charge in [-0.1, -0.05) is 17.7 Å². The summed E-state index contributed by atoms with van der Waals surface area (Å²) in [6.45, 7) is 1.39. The number of nitrogens with one attached hydrogen (secondary N) is 2. The van der Waals surface area contributed by atoms with Crippen LogP contribution in [-0.4, -0.2) is 27.5 Å². The van der Waals surface area contributed by atoms with E-state index in [1.165, 1.54) is 12.1 Å². The standard InChI is InChI=1S/C11H15ClN2O2S/c12-9-3-1-5-11(7-9)17(15,16)14-8-10-4-2-6-13-10/h1,3,5,7,10,13-14H,2,4,6,8H2. The van der Waals surface area contributed by atoms with E-state index in [1.54, 1.807) is 12.1 Å². The minimum atomic E-state index is -3.44. The highest BCUT2D eigenvalue weighted by atomic mass is 35.5. The molecule has 94 valence electrons. The second kappa shape index (κ2) is 5.35. The van der Waals surface area contributed by atoms with Crippen LogP contribution >= 0.6 is 11.6 Å². The molecule has 1 fully saturated rings. The Morgan fingerprint density at radius 2 is 2.29 bits per heavy atom. The van der Waals surface area contributed by atoms with Crippen molar-refractivity contribution in [3.8, 4) is 0 Å². The Morgan fingerprint density at radius 3 is 2.94 bits per heavy atom. The fourth-order valence-electron chi connectivity index (χ4n) is 1.86. The third-order valence-electron chi connectivity index (χ3n) is 2.79. The molecule has 1 aromatic carbocycles. The lowest BCUT2D eigenvalue weighted by atomic mass is 10.2. The summed E-state index contributed by atoms with van der Waals surface area (Å²) in [7, 11) is -3.44. The van der Waals surface area contributed by atoms with E-state index < -0.39 is 10.0 Å². The average Bonchev–Trinajstić information content (AvgIpc) is 2.79. The third-order valence-corrected chi connectivity index (χ3v) is 4.44. The summed E-state index contributed by atoms with van der Waals surface area (Å²) in [5.74, 6) is 0. The second-order valence-corrected chi connectivity index (χ2v) is 6.31. The first-order valence-corrected chi connectivity index (χ1v) is 7.43. The summed E-state index contributed by atoms with van der Waals surface area (Å²) in [5.41, 5.74) is 0. The maximum absolute atomic E-state index is 11.9. The summed E-state index contributed by atoms with van der Waals surface area (Å²) in [5, 5.41) is 3.66. The zero-order chi connectivity index (χ0) is 12.3. The first-order valence-electron chi connectivity index (χ1n) is 5.56. The quantitative estimate of drug-likeness (QED) is 0.872. The maximum atomic E-state index is 11.9. The van der Waals surface area contributed by atoms with Crippen LogP contribution in [0.5, 0.6) is 0 Å². The van der Waals surface area contributed by atoms with Crippen molar-refractivity contribution in [3.05, 3.63) is 29.3 Å². The Hall–Kier alpha value is -0.620. The minimum Gasteiger partial charge on any atom is -0.313 e. The molecule has 1 unspecified atom stereocenters. The molecule has 17 heavy (non-hydrogen) atoms. The van der Waals surface area contributed by atoms with E-state index in [9.17, 15) is 8.42 Å². The molecular weight excluding hydrogens is 260 g/mol. The minimum absolute atomic E-state index is 0.211. The van der Waals surface area contributed by atoms with Gasteiger partial charge in [-0.25, -0.2) is 13.1 Å². The van der Waals surface area contributed by atoms with Crippen molar-refractivity contribution in [2.45, 2.75) is 23.8 Å². The highest BCUT2D eigenvalue weighted by Gasteiger charge is 2.19. The van der Waals surface area contributed by atoms with Crippen LogP contribution < -0.4 is 10.0 Å². The molecule has 6 heteroatoms. The van der Waals surface area contributed by atoms with Crippen LogP contribution in [0.3, 0.4) is 0 Å². The molecule has 0 radical (unpaired) electrons. The lowest BCUT2D eigenvalue weighted by Gasteiger charge is -2.12. The van der Waals surface area contributed by atoms with Gasteiger partial charge in [0.2, 0.25) is 10.0 Å². The molecule has 2 N–H and O–H groups in total. The van der Waals surface area contributed by atoms with Crippen LogP contribution in [-0.2, 0) is 10.0 Å². The van der Waals surface area contributed by atoms with Crippen molar-refractivity contribution in [2.24, 2.45) is 0 Å². The van der Waals surface area contributed by atoms with Gasteiger partial charge in [0.25, 0.3) is 0 Å². The maximum Gasteiger partial charge on any atom is 0.240 e. The molecule has 1 atom stereocenters. The van der Waals surface area contributed by atoms with Gasteiger partial charge in [0, 0.05) is 17.6 Å². The van der Waals surface area contributed by atoms with Crippen LogP contribution in [0.15, 0.2) is 29.2 Å². The molecule has 0 saturated carbocycles. The van der Waals surface area contributed by atoms with Crippen molar-refractivity contribution >= 4 is 21.6 Å². The fourth-order valence-corrected chi connectivity index (χ4v) is 3.24. The smallest absolute Gasteiger partial charge is 0.240 e. The number of hydrogen-bond acceptors (Lipinski definition) is 3. The Balaban J connectivity index is 2.03. The van der Waals surface area contributed by atoms with Gasteiger partial charge >= 0.3 is 0 Å². The number of halogens is 1. The highest BCUT2D eigenvalue weighted by molar-refractivity contribution is 7.89. The molecule has 0 aromatic heterocycles. The summed E-state index contributed by atoms with van der Waals surface area (Å²) >= 11 is 5.77. The first-order chi connectivity index (χ1) is 8.08. The molecule has 2 rings (SSSR count). The monoisotopic (exact) mass is 274 g/mol. The third kappa shape index (κ3) is 3.42. The molecule has 0 spiro atoms. The average molecular weight is 275 g/mol. The zero-order valence-electron chi connectivity index (χ0n) is 9.32. The summed E-state index contributed by atoms with van der Waals surface area (Å²) in [6, 6.07) is 6.51. The zero-order valence-corrected chi connectivity index (χ0v) is 10.9. The van der Waals surface area contributed by atoms with E-state index in [2.05, 4.69) is 10.0 Å². The predicted molar refractivity (Wildman–Crippen MR) is 67.7 cm³/mol. The van der Waals surface area contributed by atoms with Gasteiger partial charge in [-0.3, -0.25) is 0 Å². The van der Waals surface area contributed by atoms with Crippen molar-refractivity contribution in [1.82, 2.24) is 10.0 Å². The molecule has 1 saturated heterocycles. The Labute approximate surface area is 106 Å². The van der Waals surface area contributed by atoms with E-state index in [0.29, 0.717) is 11.6 Å². The summed E-state index contributed by atoms with van der Waals surface area (Å²) < 4.78 is 26.5. The van der Waals surface area contributed by atoms with Gasteiger partial charge in [0.15, 0.2) is 0 Å². The van der Waals surface area contributed by atoms with Crippen LogP contribution in [0.4, 0.5) is 0 Å². The SMILES string of the molecule is O=S(=O)(NCC1CCCN1)c1cccc(Cl)c1. The number of rotatable bonds is 4. The molecule has 4 nitrogen and oxygen atoms in total. The van der Waals surface area contributed by atoms with E-state index >= 15 is 0 Å². The van der Waals surface area contributed by atoms with Crippen LogP contribution in [0, 0.1) is 0 Å². The number of sulfonamides is 1. The van der Waals surface area contributed by atoms with Crippen LogP contribution in [0.1, 0.15) is 12.8 Å². The largest absolute Gasteiger partial charge is 0.313 e. The molecule has 0 bridgehead atoms. The molecule has 1 aromatic rings. The first kappa shape index (κ1) is 12.8. The second-order valence-electron chi connectivity index (χ2n) is 4.10. The Bertz CT molecular complexity index is 484. The number of benzene rings is 1. The molecule has 0 aliphatic carbocycles. The topological polar surface area (TPSA) is 58.2 Å². The fraction of sp³-hybridized carbons (Fsp3) is 0.455. The van der Waals surface area contributed by atoms with Gasteiger partial charge in [0.05, 0.1) is 4.90 Å². The van der Waals surface area contributed by atoms with Gasteiger partial charge in [-0.15, -0.1) is 0 Å². The molecule has 1 heterocycles. The van der Waals surface area contributed by atoms with Gasteiger partial charge in [-0.05, 0) is 37.6 Å². The summed E-state index contributed by atoms with van der Waals surface area (Å²) in [4.78, 5) is 0.211. The summed E-state index contributed by atoms with van der Waals surface area (Å²) in [6.07, 6.45) is 2.11. The molecule has 1 aliphatic rings. The van der Waals surface area contributed by atoms with Crippen molar-refractivity contribution < 1.29 is 8.42 Å². The van der Waals surface area contributed by atoms with Crippen molar-refractivity contribution in [1.29, 1.82) is 0 Å².